The first-order chi connectivity index (χ1) is 28.5. The summed E-state index contributed by atoms with van der Waals surface area (Å²) in [4.78, 5) is 0. The minimum absolute atomic E-state index is 0.201. The van der Waals surface area contributed by atoms with Crippen LogP contribution in [-0.2, 0) is 12.5 Å². The fourth-order valence-electron chi connectivity index (χ4n) is 10.7. The molecule has 0 atom stereocenters. The largest absolute Gasteiger partial charge is 0.416 e. The van der Waals surface area contributed by atoms with Gasteiger partial charge in [-0.05, 0) is 253 Å². The Labute approximate surface area is 361 Å². The number of hydrogen-bond donors (Lipinski definition) is 0. The van der Waals surface area contributed by atoms with Crippen molar-refractivity contribution in [2.45, 2.75) is 130 Å². The van der Waals surface area contributed by atoms with Crippen molar-refractivity contribution in [1.82, 2.24) is 9.13 Å². The van der Waals surface area contributed by atoms with Crippen molar-refractivity contribution in [3.8, 4) is 22.5 Å². The van der Waals surface area contributed by atoms with Crippen LogP contribution in [0.3, 0.4) is 0 Å². The number of aromatic nitrogens is 2. The number of rotatable bonds is 4. The number of aryl methyl sites for hydroxylation is 9. The van der Waals surface area contributed by atoms with Crippen molar-refractivity contribution < 1.29 is 13.2 Å². The van der Waals surface area contributed by atoms with Gasteiger partial charge >= 0.3 is 6.18 Å². The molecule has 2 radical (unpaired) electrons. The van der Waals surface area contributed by atoms with Crippen molar-refractivity contribution in [1.29, 1.82) is 0 Å². The first-order valence-electron chi connectivity index (χ1n) is 21.6. The average molecular weight is 815 g/mol. The molecule has 0 fully saturated rings. The first kappa shape index (κ1) is 42.5. The molecule has 0 bridgehead atoms. The van der Waals surface area contributed by atoms with Crippen molar-refractivity contribution in [3.05, 3.63) is 136 Å². The highest BCUT2D eigenvalue weighted by Crippen LogP contribution is 2.48. The van der Waals surface area contributed by atoms with E-state index in [4.69, 9.17) is 7.85 Å². The van der Waals surface area contributed by atoms with Crippen LogP contribution in [0.25, 0.3) is 66.1 Å². The molecule has 0 saturated carbocycles. The molecule has 0 amide bonds. The highest BCUT2D eigenvalue weighted by molar-refractivity contribution is 6.18. The molecule has 2 nitrogen and oxygen atoms in total. The van der Waals surface area contributed by atoms with Gasteiger partial charge in [0.25, 0.3) is 0 Å². The summed E-state index contributed by atoms with van der Waals surface area (Å²) in [6.45, 7) is 37.2. The molecule has 0 unspecified atom stereocenters. The summed E-state index contributed by atoms with van der Waals surface area (Å²) < 4.78 is 48.9. The SMILES string of the molecule is [B]Cc1c(-n2c3c(C)c(C)c(C)c(C)c3c3c(C)c(C)c(C)c(C)c32)cc(-c2cc(C)cc(C(F)(F)F)c2)cc1-n1c2c(C)c(C)c(C)c(C)c2c2c(C)c(C)c(C)c(C)c21. The van der Waals surface area contributed by atoms with E-state index >= 15 is 0 Å². The Morgan fingerprint density at radius 3 is 0.934 bits per heavy atom. The minimum Gasteiger partial charge on any atom is -0.308 e. The van der Waals surface area contributed by atoms with Crippen LogP contribution in [0.2, 0.25) is 0 Å². The maximum Gasteiger partial charge on any atom is 0.416 e. The van der Waals surface area contributed by atoms with E-state index in [1.54, 1.807) is 6.92 Å². The van der Waals surface area contributed by atoms with Gasteiger partial charge in [-0.25, -0.2) is 0 Å². The predicted molar refractivity (Wildman–Crippen MR) is 256 cm³/mol. The maximum absolute atomic E-state index is 14.7. The molecule has 0 aliphatic heterocycles. The summed E-state index contributed by atoms with van der Waals surface area (Å²) in [6.07, 6.45) is -4.31. The van der Waals surface area contributed by atoms with Crippen LogP contribution < -0.4 is 0 Å². The lowest BCUT2D eigenvalue weighted by Crippen LogP contribution is -2.11. The standard InChI is InChI=1S/C55H58BF3N2/c1-24-18-41(20-43(19-24)55(57,58)59)42-21-45(60-51-37(14)29(6)25(2)33(10)47(51)48-34(11)26(3)30(7)38(15)52(48)60)44(23-56)46(22-42)61-53-39(16)31(8)27(4)35(12)49(53)50-36(13)28(5)32(9)40(17)54(50)61/h18-22H,23H2,1-17H3. The Balaban J connectivity index is 1.73. The lowest BCUT2D eigenvalue weighted by atomic mass is 9.89. The second-order valence-electron chi connectivity index (χ2n) is 18.3. The van der Waals surface area contributed by atoms with Gasteiger partial charge in [0.05, 0.1) is 46.9 Å². The molecule has 312 valence electrons. The van der Waals surface area contributed by atoms with E-state index in [9.17, 15) is 13.2 Å². The van der Waals surface area contributed by atoms with E-state index in [-0.39, 0.29) is 6.32 Å². The van der Waals surface area contributed by atoms with E-state index < -0.39 is 11.7 Å². The van der Waals surface area contributed by atoms with Gasteiger partial charge in [0.1, 0.15) is 0 Å². The molecule has 2 heterocycles. The summed E-state index contributed by atoms with van der Waals surface area (Å²) in [7, 11) is 7.15. The van der Waals surface area contributed by atoms with Crippen LogP contribution in [0.5, 0.6) is 0 Å². The molecule has 0 spiro atoms. The Hall–Kier alpha value is -5.23. The lowest BCUT2D eigenvalue weighted by molar-refractivity contribution is -0.137. The maximum atomic E-state index is 14.7. The Bertz CT molecular complexity index is 2940. The van der Waals surface area contributed by atoms with Gasteiger partial charge in [0.15, 0.2) is 0 Å². The van der Waals surface area contributed by atoms with E-state index in [1.165, 1.54) is 123 Å². The number of hydrogen-bond acceptors (Lipinski definition) is 0. The van der Waals surface area contributed by atoms with Crippen molar-refractivity contribution in [2.24, 2.45) is 0 Å². The second kappa shape index (κ2) is 14.2. The number of halogens is 3. The Morgan fingerprint density at radius 2 is 0.656 bits per heavy atom. The van der Waals surface area contributed by atoms with Gasteiger partial charge in [0, 0.05) is 21.5 Å². The average Bonchev–Trinajstić information content (AvgIpc) is 3.77. The molecule has 0 aliphatic carbocycles. The van der Waals surface area contributed by atoms with Gasteiger partial charge in [0.2, 0.25) is 0 Å². The fraction of sp³-hybridized carbons (Fsp3) is 0.345. The first-order valence-corrected chi connectivity index (χ1v) is 21.6. The second-order valence-corrected chi connectivity index (χ2v) is 18.3. The van der Waals surface area contributed by atoms with Crippen LogP contribution >= 0.6 is 0 Å². The highest BCUT2D eigenvalue weighted by atomic mass is 19.4. The van der Waals surface area contributed by atoms with E-state index in [2.05, 4.69) is 132 Å². The summed E-state index contributed by atoms with van der Waals surface area (Å²) in [6, 6.07) is 8.66. The van der Waals surface area contributed by atoms with Crippen molar-refractivity contribution in [3.63, 3.8) is 0 Å². The summed E-state index contributed by atoms with van der Waals surface area (Å²) in [5.41, 5.74) is 27.9. The quantitative estimate of drug-likeness (QED) is 0.157. The minimum atomic E-state index is -4.51. The molecule has 0 N–H and O–H groups in total. The van der Waals surface area contributed by atoms with Crippen LogP contribution in [0, 0.1) is 118 Å². The molecule has 6 aromatic carbocycles. The zero-order chi connectivity index (χ0) is 44.8. The third-order valence-corrected chi connectivity index (χ3v) is 15.6. The lowest BCUT2D eigenvalue weighted by Gasteiger charge is -2.24. The topological polar surface area (TPSA) is 9.86 Å². The van der Waals surface area contributed by atoms with Crippen LogP contribution in [0.1, 0.15) is 106 Å². The number of fused-ring (bicyclic) bond motifs is 6. The zero-order valence-corrected chi connectivity index (χ0v) is 39.2. The van der Waals surface area contributed by atoms with Crippen LogP contribution in [-0.4, -0.2) is 17.0 Å². The van der Waals surface area contributed by atoms with Crippen LogP contribution in [0.4, 0.5) is 13.2 Å². The molecule has 2 aromatic heterocycles. The number of nitrogens with zero attached hydrogens (tertiary/aromatic N) is 2. The van der Waals surface area contributed by atoms with Gasteiger partial charge in [-0.15, -0.1) is 0 Å². The third kappa shape index (κ3) is 5.76. The zero-order valence-electron chi connectivity index (χ0n) is 39.2. The molecule has 6 heteroatoms. The smallest absolute Gasteiger partial charge is 0.308 e. The van der Waals surface area contributed by atoms with E-state index in [1.807, 2.05) is 6.07 Å². The van der Waals surface area contributed by atoms with Gasteiger partial charge in [-0.2, -0.15) is 13.2 Å². The molecule has 0 aliphatic rings. The van der Waals surface area contributed by atoms with Gasteiger partial charge in [-0.1, -0.05) is 12.4 Å². The number of benzene rings is 6. The highest BCUT2D eigenvalue weighted by Gasteiger charge is 2.33. The Kier molecular flexibility index (Phi) is 9.86. The monoisotopic (exact) mass is 814 g/mol. The van der Waals surface area contributed by atoms with Crippen molar-refractivity contribution in [2.75, 3.05) is 0 Å². The summed E-state index contributed by atoms with van der Waals surface area (Å²) in [5.74, 6) is 0. The predicted octanol–water partition coefficient (Wildman–Crippen LogP) is 15.5. The molecule has 8 aromatic rings. The van der Waals surface area contributed by atoms with E-state index in [0.29, 0.717) is 16.7 Å². The Morgan fingerprint density at radius 1 is 0.377 bits per heavy atom. The van der Waals surface area contributed by atoms with E-state index in [0.717, 1.165) is 39.0 Å². The van der Waals surface area contributed by atoms with Gasteiger partial charge in [-0.3, -0.25) is 0 Å². The number of alkyl halides is 3. The molecule has 0 saturated heterocycles. The normalized spacial score (nSPS) is 12.4. The van der Waals surface area contributed by atoms with Gasteiger partial charge < -0.3 is 9.13 Å². The fourth-order valence-corrected chi connectivity index (χ4v) is 10.7. The van der Waals surface area contributed by atoms with Crippen LogP contribution in [0.15, 0.2) is 30.3 Å². The molecular formula is C55H58BF3N2. The summed E-state index contributed by atoms with van der Waals surface area (Å²) in [5, 5.41) is 4.87. The molecule has 8 rings (SSSR count). The summed E-state index contributed by atoms with van der Waals surface area (Å²) >= 11 is 0. The third-order valence-electron chi connectivity index (χ3n) is 15.6. The van der Waals surface area contributed by atoms with Crippen molar-refractivity contribution >= 4 is 51.5 Å². The molecule has 61 heavy (non-hydrogen) atoms. The molecular weight excluding hydrogens is 756 g/mol.